The van der Waals surface area contributed by atoms with Crippen molar-refractivity contribution >= 4 is 11.7 Å². The van der Waals surface area contributed by atoms with Gasteiger partial charge in [0.1, 0.15) is 5.78 Å². The summed E-state index contributed by atoms with van der Waals surface area (Å²) < 4.78 is 0. The van der Waals surface area contributed by atoms with Gasteiger partial charge in [0, 0.05) is 18.5 Å². The predicted molar refractivity (Wildman–Crippen MR) is 72.4 cm³/mol. The van der Waals surface area contributed by atoms with Gasteiger partial charge < -0.3 is 5.32 Å². The average molecular weight is 254 g/mol. The van der Waals surface area contributed by atoms with E-state index in [4.69, 9.17) is 0 Å². The third-order valence-electron chi connectivity index (χ3n) is 3.64. The van der Waals surface area contributed by atoms with Gasteiger partial charge in [-0.3, -0.25) is 14.5 Å². The first-order valence-electron chi connectivity index (χ1n) is 7.05. The SMILES string of the molecule is CCC(C)NC(=O)CN1CCCCC1CC(C)=O. The Hall–Kier alpha value is -0.900. The molecule has 0 aromatic heterocycles. The highest BCUT2D eigenvalue weighted by molar-refractivity contribution is 5.79. The van der Waals surface area contributed by atoms with Crippen molar-refractivity contribution in [3.05, 3.63) is 0 Å². The number of piperidine rings is 1. The van der Waals surface area contributed by atoms with Gasteiger partial charge in [0.25, 0.3) is 0 Å². The summed E-state index contributed by atoms with van der Waals surface area (Å²) in [4.78, 5) is 25.3. The summed E-state index contributed by atoms with van der Waals surface area (Å²) in [6.07, 6.45) is 4.86. The number of amides is 1. The lowest BCUT2D eigenvalue weighted by Crippen LogP contribution is -2.47. The first-order chi connectivity index (χ1) is 8.52. The molecule has 1 rings (SSSR count). The smallest absolute Gasteiger partial charge is 0.234 e. The van der Waals surface area contributed by atoms with Crippen LogP contribution in [-0.4, -0.2) is 41.8 Å². The minimum atomic E-state index is 0.0832. The van der Waals surface area contributed by atoms with Gasteiger partial charge in [-0.05, 0) is 39.7 Å². The van der Waals surface area contributed by atoms with Gasteiger partial charge in [0.2, 0.25) is 5.91 Å². The van der Waals surface area contributed by atoms with Crippen molar-refractivity contribution in [2.45, 2.75) is 65.0 Å². The molecule has 104 valence electrons. The highest BCUT2D eigenvalue weighted by Gasteiger charge is 2.25. The van der Waals surface area contributed by atoms with E-state index in [1.807, 2.05) is 6.92 Å². The molecule has 1 aliphatic rings. The molecule has 2 unspecified atom stereocenters. The van der Waals surface area contributed by atoms with Crippen molar-refractivity contribution in [3.8, 4) is 0 Å². The van der Waals surface area contributed by atoms with Crippen molar-refractivity contribution < 1.29 is 9.59 Å². The maximum atomic E-state index is 11.9. The van der Waals surface area contributed by atoms with Crippen LogP contribution in [0.3, 0.4) is 0 Å². The van der Waals surface area contributed by atoms with E-state index in [-0.39, 0.29) is 23.8 Å². The molecule has 4 nitrogen and oxygen atoms in total. The fraction of sp³-hybridized carbons (Fsp3) is 0.857. The molecule has 1 N–H and O–H groups in total. The summed E-state index contributed by atoms with van der Waals surface area (Å²) in [5, 5.41) is 2.99. The lowest BCUT2D eigenvalue weighted by molar-refractivity contribution is -0.125. The largest absolute Gasteiger partial charge is 0.353 e. The molecule has 1 fully saturated rings. The second kappa shape index (κ2) is 7.52. The summed E-state index contributed by atoms with van der Waals surface area (Å²) in [7, 11) is 0. The van der Waals surface area contributed by atoms with E-state index >= 15 is 0 Å². The zero-order valence-electron chi connectivity index (χ0n) is 11.9. The Balaban J connectivity index is 2.46. The molecule has 0 bridgehead atoms. The molecule has 0 saturated carbocycles. The molecule has 18 heavy (non-hydrogen) atoms. The maximum Gasteiger partial charge on any atom is 0.234 e. The van der Waals surface area contributed by atoms with Gasteiger partial charge in [-0.15, -0.1) is 0 Å². The normalized spacial score (nSPS) is 22.5. The van der Waals surface area contributed by atoms with Crippen LogP contribution in [0.2, 0.25) is 0 Å². The highest BCUT2D eigenvalue weighted by Crippen LogP contribution is 2.19. The summed E-state index contributed by atoms with van der Waals surface area (Å²) >= 11 is 0. The fourth-order valence-electron chi connectivity index (χ4n) is 2.44. The van der Waals surface area contributed by atoms with Crippen molar-refractivity contribution in [1.82, 2.24) is 10.2 Å². The number of likely N-dealkylation sites (tertiary alicyclic amines) is 1. The van der Waals surface area contributed by atoms with Crippen molar-refractivity contribution in [3.63, 3.8) is 0 Å². The third-order valence-corrected chi connectivity index (χ3v) is 3.64. The number of nitrogens with zero attached hydrogens (tertiary/aromatic N) is 1. The Morgan fingerprint density at radius 3 is 2.72 bits per heavy atom. The van der Waals surface area contributed by atoms with E-state index in [0.717, 1.165) is 25.8 Å². The van der Waals surface area contributed by atoms with E-state index < -0.39 is 0 Å². The number of rotatable bonds is 6. The zero-order chi connectivity index (χ0) is 13.5. The number of hydrogen-bond donors (Lipinski definition) is 1. The first kappa shape index (κ1) is 15.2. The Morgan fingerprint density at radius 1 is 1.39 bits per heavy atom. The monoisotopic (exact) mass is 254 g/mol. The van der Waals surface area contributed by atoms with E-state index in [9.17, 15) is 9.59 Å². The van der Waals surface area contributed by atoms with Crippen molar-refractivity contribution in [2.75, 3.05) is 13.1 Å². The highest BCUT2D eigenvalue weighted by atomic mass is 16.2. The molecule has 0 radical (unpaired) electrons. The number of carbonyl (C=O) groups excluding carboxylic acids is 2. The maximum absolute atomic E-state index is 11.9. The molecular formula is C14H26N2O2. The number of carbonyl (C=O) groups is 2. The molecule has 1 amide bonds. The number of ketones is 1. The summed E-state index contributed by atoms with van der Waals surface area (Å²) in [6.45, 7) is 7.08. The standard InChI is InChI=1S/C14H26N2O2/c1-4-11(2)15-14(18)10-16-8-6-5-7-13(16)9-12(3)17/h11,13H,4-10H2,1-3H3,(H,15,18). The van der Waals surface area contributed by atoms with Crippen molar-refractivity contribution in [1.29, 1.82) is 0 Å². The molecule has 0 aliphatic carbocycles. The van der Waals surface area contributed by atoms with Crippen LogP contribution in [0.5, 0.6) is 0 Å². The number of Topliss-reactive ketones (excluding diaryl/α,β-unsaturated/α-hetero) is 1. The van der Waals surface area contributed by atoms with Gasteiger partial charge in [-0.25, -0.2) is 0 Å². The van der Waals surface area contributed by atoms with Crippen LogP contribution in [0.25, 0.3) is 0 Å². The van der Waals surface area contributed by atoms with Crippen molar-refractivity contribution in [2.24, 2.45) is 0 Å². The van der Waals surface area contributed by atoms with Gasteiger partial charge in [-0.1, -0.05) is 13.3 Å². The second-order valence-corrected chi connectivity index (χ2v) is 5.40. The quantitative estimate of drug-likeness (QED) is 0.785. The van der Waals surface area contributed by atoms with E-state index in [2.05, 4.69) is 17.1 Å². The summed E-state index contributed by atoms with van der Waals surface area (Å²) in [6, 6.07) is 0.493. The minimum absolute atomic E-state index is 0.0832. The minimum Gasteiger partial charge on any atom is -0.353 e. The topological polar surface area (TPSA) is 49.4 Å². The van der Waals surface area contributed by atoms with Gasteiger partial charge >= 0.3 is 0 Å². The van der Waals surface area contributed by atoms with Crippen LogP contribution >= 0.6 is 0 Å². The van der Waals surface area contributed by atoms with Gasteiger partial charge in [0.05, 0.1) is 6.54 Å². The van der Waals surface area contributed by atoms with Crippen LogP contribution in [0.1, 0.15) is 52.9 Å². The molecule has 4 heteroatoms. The third kappa shape index (κ3) is 5.17. The molecule has 1 saturated heterocycles. The summed E-state index contributed by atoms with van der Waals surface area (Å²) in [5.41, 5.74) is 0. The Labute approximate surface area is 110 Å². The van der Waals surface area contributed by atoms with E-state index in [0.29, 0.717) is 13.0 Å². The summed E-state index contributed by atoms with van der Waals surface area (Å²) in [5.74, 6) is 0.300. The molecule has 0 aromatic rings. The molecule has 1 aliphatic heterocycles. The van der Waals surface area contributed by atoms with Crippen LogP contribution in [0.15, 0.2) is 0 Å². The molecule has 2 atom stereocenters. The fourth-order valence-corrected chi connectivity index (χ4v) is 2.44. The molecule has 0 aromatic carbocycles. The second-order valence-electron chi connectivity index (χ2n) is 5.40. The van der Waals surface area contributed by atoms with Gasteiger partial charge in [0.15, 0.2) is 0 Å². The van der Waals surface area contributed by atoms with Crippen LogP contribution in [0, 0.1) is 0 Å². The van der Waals surface area contributed by atoms with Crippen LogP contribution in [-0.2, 0) is 9.59 Å². The average Bonchev–Trinajstić information content (AvgIpc) is 2.30. The Bertz CT molecular complexity index is 292. The number of hydrogen-bond acceptors (Lipinski definition) is 3. The van der Waals surface area contributed by atoms with Crippen LogP contribution in [0.4, 0.5) is 0 Å². The Kier molecular flexibility index (Phi) is 6.33. The lowest BCUT2D eigenvalue weighted by Gasteiger charge is -2.34. The zero-order valence-corrected chi connectivity index (χ0v) is 11.9. The van der Waals surface area contributed by atoms with Crippen LogP contribution < -0.4 is 5.32 Å². The van der Waals surface area contributed by atoms with E-state index in [1.165, 1.54) is 6.42 Å². The molecular weight excluding hydrogens is 228 g/mol. The Morgan fingerprint density at radius 2 is 2.11 bits per heavy atom. The number of nitrogens with one attached hydrogen (secondary N) is 1. The van der Waals surface area contributed by atoms with E-state index in [1.54, 1.807) is 6.92 Å². The molecule has 1 heterocycles. The molecule has 0 spiro atoms. The first-order valence-corrected chi connectivity index (χ1v) is 7.05. The predicted octanol–water partition coefficient (Wildman–Crippen LogP) is 1.73. The van der Waals surface area contributed by atoms with Gasteiger partial charge in [-0.2, -0.15) is 0 Å². The lowest BCUT2D eigenvalue weighted by atomic mass is 9.98.